The number of nitrogens with zero attached hydrogens (tertiary/aromatic N) is 2. The smallest absolute Gasteiger partial charge is 0.412 e. The number of ether oxygens (including phenoxy) is 1. The number of hydrogen-bond donors (Lipinski definition) is 1. The topological polar surface area (TPSA) is 54.5 Å². The molecule has 0 bridgehead atoms. The standard InChI is InChI=1S/C12H15N3O2/c1-15-6-3-12(4-7-15)9-8-13-5-2-10(9)14-11(16)17-12/h2,5,8H,3-4,6-7H2,1H3,(H,14,16). The predicted molar refractivity (Wildman–Crippen MR) is 62.7 cm³/mol. The second-order valence-electron chi connectivity index (χ2n) is 4.73. The van der Waals surface area contributed by atoms with E-state index in [2.05, 4.69) is 22.2 Å². The Morgan fingerprint density at radius 3 is 3.00 bits per heavy atom. The van der Waals surface area contributed by atoms with Crippen molar-refractivity contribution in [3.05, 3.63) is 24.0 Å². The van der Waals surface area contributed by atoms with Crippen LogP contribution in [-0.4, -0.2) is 36.1 Å². The van der Waals surface area contributed by atoms with Crippen LogP contribution < -0.4 is 5.32 Å². The lowest BCUT2D eigenvalue weighted by Crippen LogP contribution is -2.47. The molecule has 5 heteroatoms. The molecule has 2 aliphatic heterocycles. The van der Waals surface area contributed by atoms with Gasteiger partial charge in [0.2, 0.25) is 0 Å². The van der Waals surface area contributed by atoms with Gasteiger partial charge in [0.25, 0.3) is 0 Å². The number of amides is 1. The highest BCUT2D eigenvalue weighted by atomic mass is 16.6. The third kappa shape index (κ3) is 1.67. The normalized spacial score (nSPS) is 22.8. The van der Waals surface area contributed by atoms with Gasteiger partial charge in [-0.3, -0.25) is 10.3 Å². The molecule has 1 amide bonds. The van der Waals surface area contributed by atoms with E-state index in [4.69, 9.17) is 4.74 Å². The molecule has 5 nitrogen and oxygen atoms in total. The van der Waals surface area contributed by atoms with Gasteiger partial charge in [0.05, 0.1) is 5.69 Å². The number of nitrogens with one attached hydrogen (secondary N) is 1. The van der Waals surface area contributed by atoms with Crippen LogP contribution in [0, 0.1) is 0 Å². The zero-order valence-corrected chi connectivity index (χ0v) is 9.77. The zero-order chi connectivity index (χ0) is 11.9. The molecule has 90 valence electrons. The Hall–Kier alpha value is -1.62. The Morgan fingerprint density at radius 1 is 1.47 bits per heavy atom. The number of fused-ring (bicyclic) bond motifs is 2. The van der Waals surface area contributed by atoms with Gasteiger partial charge in [-0.25, -0.2) is 4.79 Å². The highest BCUT2D eigenvalue weighted by molar-refractivity contribution is 5.88. The van der Waals surface area contributed by atoms with E-state index in [-0.39, 0.29) is 6.09 Å². The maximum Gasteiger partial charge on any atom is 0.412 e. The number of carbonyl (C=O) groups excluding carboxylic acids is 1. The summed E-state index contributed by atoms with van der Waals surface area (Å²) in [6.45, 7) is 1.86. The highest BCUT2D eigenvalue weighted by Crippen LogP contribution is 2.42. The minimum atomic E-state index is -0.474. The third-order valence-electron chi connectivity index (χ3n) is 3.63. The number of hydrogen-bond acceptors (Lipinski definition) is 4. The van der Waals surface area contributed by atoms with Crippen LogP contribution in [0.1, 0.15) is 18.4 Å². The fourth-order valence-electron chi connectivity index (χ4n) is 2.59. The third-order valence-corrected chi connectivity index (χ3v) is 3.63. The lowest BCUT2D eigenvalue weighted by Gasteiger charge is -2.43. The second kappa shape index (κ2) is 3.70. The van der Waals surface area contributed by atoms with Crippen LogP contribution in [0.5, 0.6) is 0 Å². The number of anilines is 1. The van der Waals surface area contributed by atoms with Crippen molar-refractivity contribution in [2.75, 3.05) is 25.5 Å². The number of likely N-dealkylation sites (tertiary alicyclic amines) is 1. The monoisotopic (exact) mass is 233 g/mol. The van der Waals surface area contributed by atoms with Gasteiger partial charge in [0, 0.05) is 43.9 Å². The lowest BCUT2D eigenvalue weighted by atomic mass is 9.83. The molecule has 1 saturated heterocycles. The van der Waals surface area contributed by atoms with Gasteiger partial charge in [-0.15, -0.1) is 0 Å². The minimum absolute atomic E-state index is 0.353. The van der Waals surface area contributed by atoms with E-state index in [1.54, 1.807) is 12.4 Å². The Labute approximate surface area is 99.8 Å². The molecular weight excluding hydrogens is 218 g/mol. The van der Waals surface area contributed by atoms with Crippen LogP contribution in [0.25, 0.3) is 0 Å². The number of carbonyl (C=O) groups is 1. The van der Waals surface area contributed by atoms with Crippen molar-refractivity contribution < 1.29 is 9.53 Å². The van der Waals surface area contributed by atoms with E-state index in [1.807, 2.05) is 6.07 Å². The summed E-state index contributed by atoms with van der Waals surface area (Å²) in [6, 6.07) is 1.83. The lowest BCUT2D eigenvalue weighted by molar-refractivity contribution is -0.0336. The first-order valence-electron chi connectivity index (χ1n) is 5.83. The van der Waals surface area contributed by atoms with Gasteiger partial charge in [-0.05, 0) is 13.1 Å². The van der Waals surface area contributed by atoms with Gasteiger partial charge in [-0.1, -0.05) is 0 Å². The zero-order valence-electron chi connectivity index (χ0n) is 9.77. The molecule has 0 radical (unpaired) electrons. The van der Waals surface area contributed by atoms with Crippen molar-refractivity contribution in [3.8, 4) is 0 Å². The number of rotatable bonds is 0. The Kier molecular flexibility index (Phi) is 2.29. The fraction of sp³-hybridized carbons (Fsp3) is 0.500. The van der Waals surface area contributed by atoms with Crippen LogP contribution in [0.4, 0.5) is 10.5 Å². The Morgan fingerprint density at radius 2 is 2.24 bits per heavy atom. The summed E-state index contributed by atoms with van der Waals surface area (Å²) < 4.78 is 5.57. The maximum atomic E-state index is 11.6. The molecule has 1 N–H and O–H groups in total. The van der Waals surface area contributed by atoms with Gasteiger partial charge >= 0.3 is 6.09 Å². The average molecular weight is 233 g/mol. The first-order chi connectivity index (χ1) is 8.20. The summed E-state index contributed by atoms with van der Waals surface area (Å²) in [5, 5.41) is 2.73. The van der Waals surface area contributed by atoms with E-state index >= 15 is 0 Å². The summed E-state index contributed by atoms with van der Waals surface area (Å²) in [5.74, 6) is 0. The van der Waals surface area contributed by atoms with E-state index < -0.39 is 5.60 Å². The molecule has 0 atom stereocenters. The molecule has 3 heterocycles. The van der Waals surface area contributed by atoms with Gasteiger partial charge < -0.3 is 9.64 Å². The van der Waals surface area contributed by atoms with E-state index in [1.165, 1.54) is 0 Å². The highest BCUT2D eigenvalue weighted by Gasteiger charge is 2.43. The van der Waals surface area contributed by atoms with E-state index in [0.717, 1.165) is 37.2 Å². The van der Waals surface area contributed by atoms with E-state index in [9.17, 15) is 4.79 Å². The molecule has 1 aromatic heterocycles. The molecule has 1 spiro atoms. The van der Waals surface area contributed by atoms with Crippen LogP contribution in [0.15, 0.2) is 18.5 Å². The molecule has 0 saturated carbocycles. The molecule has 0 aliphatic carbocycles. The number of piperidine rings is 1. The van der Waals surface area contributed by atoms with Gasteiger partial charge in [0.15, 0.2) is 0 Å². The van der Waals surface area contributed by atoms with Gasteiger partial charge in [-0.2, -0.15) is 0 Å². The molecule has 17 heavy (non-hydrogen) atoms. The van der Waals surface area contributed by atoms with Crippen molar-refractivity contribution in [1.29, 1.82) is 0 Å². The fourth-order valence-corrected chi connectivity index (χ4v) is 2.59. The predicted octanol–water partition coefficient (Wildman–Crippen LogP) is 1.56. The van der Waals surface area contributed by atoms with Crippen molar-refractivity contribution >= 4 is 11.8 Å². The quantitative estimate of drug-likeness (QED) is 0.739. The summed E-state index contributed by atoms with van der Waals surface area (Å²) in [4.78, 5) is 18.0. The second-order valence-corrected chi connectivity index (χ2v) is 4.73. The molecule has 1 aromatic rings. The Balaban J connectivity index is 2.02. The summed E-state index contributed by atoms with van der Waals surface area (Å²) in [6.07, 6.45) is 4.80. The summed E-state index contributed by atoms with van der Waals surface area (Å²) in [5.41, 5.74) is 1.37. The van der Waals surface area contributed by atoms with Crippen molar-refractivity contribution in [1.82, 2.24) is 9.88 Å². The molecule has 1 fully saturated rings. The van der Waals surface area contributed by atoms with Crippen LogP contribution in [0.2, 0.25) is 0 Å². The first-order valence-corrected chi connectivity index (χ1v) is 5.83. The molecule has 0 unspecified atom stereocenters. The first kappa shape index (κ1) is 10.5. The van der Waals surface area contributed by atoms with Crippen molar-refractivity contribution in [3.63, 3.8) is 0 Å². The molecule has 0 aromatic carbocycles. The summed E-state index contributed by atoms with van der Waals surface area (Å²) in [7, 11) is 2.08. The number of aromatic nitrogens is 1. The number of pyridine rings is 1. The van der Waals surface area contributed by atoms with Crippen LogP contribution in [0.3, 0.4) is 0 Å². The van der Waals surface area contributed by atoms with E-state index in [0.29, 0.717) is 0 Å². The van der Waals surface area contributed by atoms with Gasteiger partial charge in [0.1, 0.15) is 5.60 Å². The largest absolute Gasteiger partial charge is 0.438 e. The molecule has 3 rings (SSSR count). The van der Waals surface area contributed by atoms with Crippen LogP contribution >= 0.6 is 0 Å². The Bertz CT molecular complexity index is 453. The van der Waals surface area contributed by atoms with Crippen molar-refractivity contribution in [2.45, 2.75) is 18.4 Å². The summed E-state index contributed by atoms with van der Waals surface area (Å²) >= 11 is 0. The van der Waals surface area contributed by atoms with Crippen molar-refractivity contribution in [2.24, 2.45) is 0 Å². The SMILES string of the molecule is CN1CCC2(CC1)OC(=O)Nc1ccncc12. The average Bonchev–Trinajstić information content (AvgIpc) is 2.33. The maximum absolute atomic E-state index is 11.6. The molecule has 2 aliphatic rings. The van der Waals surface area contributed by atoms with Crippen LogP contribution in [-0.2, 0) is 10.3 Å². The molecular formula is C12H15N3O2. The minimum Gasteiger partial charge on any atom is -0.438 e.